The molecule has 3 aromatic rings. The molecule has 8 heteroatoms. The minimum atomic E-state index is -3.80. The second-order valence-electron chi connectivity index (χ2n) is 7.66. The van der Waals surface area contributed by atoms with E-state index in [1.165, 1.54) is 29.2 Å². The molecule has 1 unspecified atom stereocenters. The molecule has 0 spiro atoms. The lowest BCUT2D eigenvalue weighted by atomic mass is 10.1. The molecule has 33 heavy (non-hydrogen) atoms. The van der Waals surface area contributed by atoms with Crippen LogP contribution in [0.3, 0.4) is 0 Å². The Morgan fingerprint density at radius 3 is 2.15 bits per heavy atom. The average molecular weight is 467 g/mol. The summed E-state index contributed by atoms with van der Waals surface area (Å²) in [5.74, 6) is -1.05. The Morgan fingerprint density at radius 1 is 0.939 bits per heavy atom. The van der Waals surface area contributed by atoms with E-state index in [-0.39, 0.29) is 22.4 Å². The molecule has 0 aliphatic rings. The first-order chi connectivity index (χ1) is 15.7. The standard InChI is InChI=1S/C25H26N2O5S/c1-18-9-13-22(14-10-18)26-33(30,31)23-15-11-21(12-16-23)25(29)32-17-24(28)27(3)19(2)20-7-5-4-6-8-20/h4-16,19,26H,17H2,1-3H3. The van der Waals surface area contributed by atoms with E-state index in [4.69, 9.17) is 4.74 Å². The third-order valence-electron chi connectivity index (χ3n) is 5.29. The Hall–Kier alpha value is -3.65. The van der Waals surface area contributed by atoms with Crippen LogP contribution in [-0.2, 0) is 19.6 Å². The van der Waals surface area contributed by atoms with Gasteiger partial charge in [-0.3, -0.25) is 9.52 Å². The number of hydrogen-bond donors (Lipinski definition) is 1. The summed E-state index contributed by atoms with van der Waals surface area (Å²) in [5.41, 5.74) is 2.57. The van der Waals surface area contributed by atoms with Crippen LogP contribution in [0.15, 0.2) is 83.8 Å². The van der Waals surface area contributed by atoms with Gasteiger partial charge in [-0.15, -0.1) is 0 Å². The fraction of sp³-hybridized carbons (Fsp3) is 0.200. The van der Waals surface area contributed by atoms with E-state index in [9.17, 15) is 18.0 Å². The molecule has 1 N–H and O–H groups in total. The zero-order chi connectivity index (χ0) is 24.0. The Balaban J connectivity index is 1.58. The van der Waals surface area contributed by atoms with Crippen LogP contribution in [0.25, 0.3) is 0 Å². The maximum atomic E-state index is 12.6. The smallest absolute Gasteiger partial charge is 0.338 e. The summed E-state index contributed by atoms with van der Waals surface area (Å²) >= 11 is 0. The molecule has 172 valence electrons. The molecule has 0 radical (unpaired) electrons. The molecule has 0 saturated carbocycles. The molecule has 0 aromatic heterocycles. The van der Waals surface area contributed by atoms with Crippen molar-refractivity contribution in [1.82, 2.24) is 4.90 Å². The first kappa shape index (κ1) is 24.0. The van der Waals surface area contributed by atoms with E-state index in [0.717, 1.165) is 11.1 Å². The Bertz CT molecular complexity index is 1210. The van der Waals surface area contributed by atoms with Crippen LogP contribution in [0.2, 0.25) is 0 Å². The number of nitrogens with one attached hydrogen (secondary N) is 1. The summed E-state index contributed by atoms with van der Waals surface area (Å²) in [6, 6.07) is 21.6. The van der Waals surface area contributed by atoms with Crippen molar-refractivity contribution in [3.63, 3.8) is 0 Å². The van der Waals surface area contributed by atoms with Crippen molar-refractivity contribution in [3.8, 4) is 0 Å². The van der Waals surface area contributed by atoms with Crippen molar-refractivity contribution in [2.75, 3.05) is 18.4 Å². The maximum Gasteiger partial charge on any atom is 0.338 e. The van der Waals surface area contributed by atoms with E-state index in [0.29, 0.717) is 5.69 Å². The second-order valence-corrected chi connectivity index (χ2v) is 9.35. The number of hydrogen-bond acceptors (Lipinski definition) is 5. The fourth-order valence-electron chi connectivity index (χ4n) is 3.09. The number of rotatable bonds is 8. The van der Waals surface area contributed by atoms with Crippen LogP contribution in [0.1, 0.15) is 34.5 Å². The largest absolute Gasteiger partial charge is 0.452 e. The lowest BCUT2D eigenvalue weighted by Crippen LogP contribution is -2.33. The molecule has 0 aliphatic heterocycles. The second kappa shape index (κ2) is 10.3. The van der Waals surface area contributed by atoms with Gasteiger partial charge in [0.05, 0.1) is 16.5 Å². The number of likely N-dealkylation sites (N-methyl/N-ethyl adjacent to an activating group) is 1. The first-order valence-electron chi connectivity index (χ1n) is 10.3. The highest BCUT2D eigenvalue weighted by molar-refractivity contribution is 7.92. The number of anilines is 1. The summed E-state index contributed by atoms with van der Waals surface area (Å²) in [7, 11) is -2.16. The number of nitrogens with zero attached hydrogens (tertiary/aromatic N) is 1. The zero-order valence-corrected chi connectivity index (χ0v) is 19.5. The van der Waals surface area contributed by atoms with Crippen molar-refractivity contribution in [2.45, 2.75) is 24.8 Å². The Morgan fingerprint density at radius 2 is 1.55 bits per heavy atom. The molecule has 0 saturated heterocycles. The van der Waals surface area contributed by atoms with Crippen molar-refractivity contribution >= 4 is 27.6 Å². The van der Waals surface area contributed by atoms with Crippen LogP contribution >= 0.6 is 0 Å². The molecular weight excluding hydrogens is 440 g/mol. The van der Waals surface area contributed by atoms with Gasteiger partial charge in [0.1, 0.15) is 0 Å². The molecule has 1 amide bonds. The third kappa shape index (κ3) is 6.20. The predicted molar refractivity (Wildman–Crippen MR) is 126 cm³/mol. The number of amides is 1. The normalized spacial score (nSPS) is 12.0. The Kier molecular flexibility index (Phi) is 7.50. The summed E-state index contributed by atoms with van der Waals surface area (Å²) in [6.45, 7) is 3.38. The van der Waals surface area contributed by atoms with Crippen LogP contribution in [0, 0.1) is 6.92 Å². The molecule has 1 atom stereocenters. The van der Waals surface area contributed by atoms with Gasteiger partial charge >= 0.3 is 5.97 Å². The average Bonchev–Trinajstić information content (AvgIpc) is 2.83. The molecule has 3 aromatic carbocycles. The summed E-state index contributed by atoms with van der Waals surface area (Å²) in [4.78, 5) is 26.3. The lowest BCUT2D eigenvalue weighted by Gasteiger charge is -2.25. The molecule has 0 bridgehead atoms. The number of ether oxygens (including phenoxy) is 1. The minimum Gasteiger partial charge on any atom is -0.452 e. The predicted octanol–water partition coefficient (Wildman–Crippen LogP) is 4.17. The fourth-order valence-corrected chi connectivity index (χ4v) is 4.15. The molecule has 0 aliphatic carbocycles. The molecule has 3 rings (SSSR count). The topological polar surface area (TPSA) is 92.8 Å². The highest BCUT2D eigenvalue weighted by Crippen LogP contribution is 2.19. The van der Waals surface area contributed by atoms with Crippen LogP contribution in [0.4, 0.5) is 5.69 Å². The van der Waals surface area contributed by atoms with Crippen molar-refractivity contribution < 1.29 is 22.7 Å². The SMILES string of the molecule is Cc1ccc(NS(=O)(=O)c2ccc(C(=O)OCC(=O)N(C)C(C)c3ccccc3)cc2)cc1. The van der Waals surface area contributed by atoms with E-state index in [1.54, 1.807) is 31.3 Å². The maximum absolute atomic E-state index is 12.6. The third-order valence-corrected chi connectivity index (χ3v) is 6.68. The summed E-state index contributed by atoms with van der Waals surface area (Å²) in [6.07, 6.45) is 0. The summed E-state index contributed by atoms with van der Waals surface area (Å²) in [5, 5.41) is 0. The molecule has 0 fully saturated rings. The molecule has 0 heterocycles. The highest BCUT2D eigenvalue weighted by atomic mass is 32.2. The van der Waals surface area contributed by atoms with Crippen molar-refractivity contribution in [3.05, 3.63) is 95.6 Å². The number of esters is 1. The zero-order valence-electron chi connectivity index (χ0n) is 18.7. The van der Waals surface area contributed by atoms with Gasteiger partial charge in [0.15, 0.2) is 6.61 Å². The lowest BCUT2D eigenvalue weighted by molar-refractivity contribution is -0.135. The number of carbonyl (C=O) groups excluding carboxylic acids is 2. The van der Waals surface area contributed by atoms with Crippen molar-refractivity contribution in [1.29, 1.82) is 0 Å². The number of aryl methyl sites for hydroxylation is 1. The van der Waals surface area contributed by atoms with E-state index >= 15 is 0 Å². The van der Waals surface area contributed by atoms with E-state index < -0.39 is 22.6 Å². The quantitative estimate of drug-likeness (QED) is 0.503. The van der Waals surface area contributed by atoms with Gasteiger partial charge in [-0.2, -0.15) is 0 Å². The minimum absolute atomic E-state index is 0.00659. The number of benzene rings is 3. The summed E-state index contributed by atoms with van der Waals surface area (Å²) < 4.78 is 32.7. The molecule has 7 nitrogen and oxygen atoms in total. The van der Waals surface area contributed by atoms with Gasteiger partial charge in [0.2, 0.25) is 0 Å². The van der Waals surface area contributed by atoms with E-state index in [2.05, 4.69) is 4.72 Å². The first-order valence-corrected chi connectivity index (χ1v) is 11.8. The number of carbonyl (C=O) groups is 2. The van der Waals surface area contributed by atoms with Crippen molar-refractivity contribution in [2.24, 2.45) is 0 Å². The van der Waals surface area contributed by atoms with E-state index in [1.807, 2.05) is 44.2 Å². The highest BCUT2D eigenvalue weighted by Gasteiger charge is 2.20. The van der Waals surface area contributed by atoms with Gasteiger partial charge in [-0.1, -0.05) is 48.0 Å². The number of sulfonamides is 1. The molecular formula is C25H26N2O5S. The van der Waals surface area contributed by atoms with Gasteiger partial charge in [-0.05, 0) is 55.8 Å². The van der Waals surface area contributed by atoms with Crippen LogP contribution < -0.4 is 4.72 Å². The van der Waals surface area contributed by atoms with Gasteiger partial charge in [-0.25, -0.2) is 13.2 Å². The monoisotopic (exact) mass is 466 g/mol. The van der Waals surface area contributed by atoms with Crippen LogP contribution in [0.5, 0.6) is 0 Å². The van der Waals surface area contributed by atoms with Gasteiger partial charge < -0.3 is 9.64 Å². The Labute approximate surface area is 194 Å². The van der Waals surface area contributed by atoms with Gasteiger partial charge in [0.25, 0.3) is 15.9 Å². The van der Waals surface area contributed by atoms with Gasteiger partial charge in [0, 0.05) is 12.7 Å². The van der Waals surface area contributed by atoms with Crippen LogP contribution in [-0.4, -0.2) is 38.8 Å².